The fourth-order valence-electron chi connectivity index (χ4n) is 2.32. The minimum absolute atomic E-state index is 0.153. The van der Waals surface area contributed by atoms with Gasteiger partial charge >= 0.3 is 5.69 Å². The molecule has 0 atom stereocenters. The van der Waals surface area contributed by atoms with Crippen molar-refractivity contribution in [1.82, 2.24) is 15.0 Å². The zero-order valence-corrected chi connectivity index (χ0v) is 12.9. The van der Waals surface area contributed by atoms with E-state index < -0.39 is 11.1 Å². The maximum atomic E-state index is 12.5. The minimum Gasteiger partial charge on any atom is -0.310 e. The van der Waals surface area contributed by atoms with Gasteiger partial charge in [0.05, 0.1) is 5.41 Å². The largest absolute Gasteiger partial charge is 0.347 e. The van der Waals surface area contributed by atoms with Crippen LogP contribution in [0.25, 0.3) is 0 Å². The molecule has 2 aromatic heterocycles. The number of pyridine rings is 1. The highest BCUT2D eigenvalue weighted by atomic mass is 79.9. The Morgan fingerprint density at radius 3 is 2.76 bits per heavy atom. The van der Waals surface area contributed by atoms with Crippen LogP contribution in [-0.4, -0.2) is 20.9 Å². The summed E-state index contributed by atoms with van der Waals surface area (Å²) in [6.45, 7) is 1.74. The number of aromatic amines is 1. The number of hydrogen-bond donors (Lipinski definition) is 2. The van der Waals surface area contributed by atoms with E-state index in [0.29, 0.717) is 5.69 Å². The SMILES string of the molecule is Cc1cc(NC(=O)C2(c3cncc(Br)c3)CC2)nc(=O)[nH]1. The summed E-state index contributed by atoms with van der Waals surface area (Å²) in [6.07, 6.45) is 4.91. The molecular weight excluding hydrogens is 336 g/mol. The van der Waals surface area contributed by atoms with Gasteiger partial charge in [-0.15, -0.1) is 0 Å². The first-order chi connectivity index (χ1) is 9.99. The van der Waals surface area contributed by atoms with Gasteiger partial charge in [0, 0.05) is 28.6 Å². The number of amides is 1. The summed E-state index contributed by atoms with van der Waals surface area (Å²) in [7, 11) is 0. The molecule has 1 aliphatic carbocycles. The van der Waals surface area contributed by atoms with E-state index in [1.165, 1.54) is 0 Å². The van der Waals surface area contributed by atoms with Crippen LogP contribution in [0.1, 0.15) is 24.1 Å². The van der Waals surface area contributed by atoms with Crippen LogP contribution in [0.4, 0.5) is 5.82 Å². The molecule has 1 aliphatic rings. The molecule has 2 heterocycles. The van der Waals surface area contributed by atoms with Gasteiger partial charge in [0.25, 0.3) is 0 Å². The number of nitrogens with one attached hydrogen (secondary N) is 2. The molecule has 108 valence electrons. The van der Waals surface area contributed by atoms with Crippen molar-refractivity contribution < 1.29 is 4.79 Å². The molecule has 0 saturated heterocycles. The number of halogens is 1. The van der Waals surface area contributed by atoms with Crippen LogP contribution in [-0.2, 0) is 10.2 Å². The van der Waals surface area contributed by atoms with Crippen molar-refractivity contribution in [3.63, 3.8) is 0 Å². The van der Waals surface area contributed by atoms with Gasteiger partial charge in [-0.25, -0.2) is 4.79 Å². The molecule has 1 fully saturated rings. The quantitative estimate of drug-likeness (QED) is 0.886. The molecule has 0 unspecified atom stereocenters. The van der Waals surface area contributed by atoms with Gasteiger partial charge in [0.15, 0.2) is 0 Å². The second kappa shape index (κ2) is 5.07. The van der Waals surface area contributed by atoms with Crippen molar-refractivity contribution in [3.05, 3.63) is 50.7 Å². The van der Waals surface area contributed by atoms with Crippen LogP contribution in [0.3, 0.4) is 0 Å². The average Bonchev–Trinajstić information content (AvgIpc) is 3.18. The first-order valence-electron chi connectivity index (χ1n) is 6.50. The number of H-pyrrole nitrogens is 1. The third-order valence-electron chi connectivity index (χ3n) is 3.56. The zero-order valence-electron chi connectivity index (χ0n) is 11.3. The number of carbonyl (C=O) groups is 1. The molecule has 3 rings (SSSR count). The Labute approximate surface area is 129 Å². The van der Waals surface area contributed by atoms with E-state index in [-0.39, 0.29) is 11.7 Å². The molecule has 0 radical (unpaired) electrons. The van der Waals surface area contributed by atoms with E-state index >= 15 is 0 Å². The first kappa shape index (κ1) is 13.9. The van der Waals surface area contributed by atoms with Crippen LogP contribution in [0.2, 0.25) is 0 Å². The molecule has 1 amide bonds. The highest BCUT2D eigenvalue weighted by Crippen LogP contribution is 2.49. The van der Waals surface area contributed by atoms with Gasteiger partial charge in [-0.1, -0.05) is 0 Å². The molecule has 0 spiro atoms. The molecule has 6 nitrogen and oxygen atoms in total. The normalized spacial score (nSPS) is 15.5. The van der Waals surface area contributed by atoms with E-state index in [0.717, 1.165) is 22.9 Å². The zero-order chi connectivity index (χ0) is 15.0. The second-order valence-corrected chi connectivity index (χ2v) is 6.10. The molecule has 2 aromatic rings. The van der Waals surface area contributed by atoms with Crippen molar-refractivity contribution in [2.75, 3.05) is 5.32 Å². The number of anilines is 1. The van der Waals surface area contributed by atoms with E-state index in [9.17, 15) is 9.59 Å². The Hall–Kier alpha value is -2.02. The number of aryl methyl sites for hydroxylation is 1. The summed E-state index contributed by atoms with van der Waals surface area (Å²) >= 11 is 3.37. The van der Waals surface area contributed by atoms with Gasteiger partial charge in [0.2, 0.25) is 5.91 Å². The molecular formula is C14H13BrN4O2. The van der Waals surface area contributed by atoms with Crippen molar-refractivity contribution >= 4 is 27.7 Å². The van der Waals surface area contributed by atoms with Gasteiger partial charge < -0.3 is 10.3 Å². The Morgan fingerprint density at radius 1 is 1.38 bits per heavy atom. The molecule has 0 aromatic carbocycles. The van der Waals surface area contributed by atoms with E-state index in [4.69, 9.17) is 0 Å². The van der Waals surface area contributed by atoms with E-state index in [1.54, 1.807) is 25.4 Å². The van der Waals surface area contributed by atoms with Crippen molar-refractivity contribution in [2.24, 2.45) is 0 Å². The minimum atomic E-state index is -0.561. The summed E-state index contributed by atoms with van der Waals surface area (Å²) in [5.74, 6) is 0.121. The fourth-order valence-corrected chi connectivity index (χ4v) is 2.69. The molecule has 0 aliphatic heterocycles. The summed E-state index contributed by atoms with van der Waals surface area (Å²) in [6, 6.07) is 3.53. The molecule has 1 saturated carbocycles. The van der Waals surface area contributed by atoms with Gasteiger partial charge in [-0.3, -0.25) is 9.78 Å². The smallest absolute Gasteiger partial charge is 0.310 e. The van der Waals surface area contributed by atoms with Gasteiger partial charge in [-0.2, -0.15) is 4.98 Å². The lowest BCUT2D eigenvalue weighted by Crippen LogP contribution is -2.29. The van der Waals surface area contributed by atoms with Crippen molar-refractivity contribution in [3.8, 4) is 0 Å². The highest BCUT2D eigenvalue weighted by molar-refractivity contribution is 9.10. The number of aromatic nitrogens is 3. The van der Waals surface area contributed by atoms with Crippen LogP contribution >= 0.6 is 15.9 Å². The summed E-state index contributed by atoms with van der Waals surface area (Å²) in [5, 5.41) is 2.73. The fraction of sp³-hybridized carbons (Fsp3) is 0.286. The van der Waals surface area contributed by atoms with Crippen LogP contribution in [0.15, 0.2) is 33.8 Å². The number of hydrogen-bond acceptors (Lipinski definition) is 4. The van der Waals surface area contributed by atoms with Gasteiger partial charge in [-0.05, 0) is 47.3 Å². The van der Waals surface area contributed by atoms with E-state index in [1.807, 2.05) is 6.07 Å². The van der Waals surface area contributed by atoms with Gasteiger partial charge in [0.1, 0.15) is 5.82 Å². The summed E-state index contributed by atoms with van der Waals surface area (Å²) in [4.78, 5) is 34.3. The summed E-state index contributed by atoms with van der Waals surface area (Å²) < 4.78 is 0.837. The van der Waals surface area contributed by atoms with Crippen LogP contribution < -0.4 is 11.0 Å². The van der Waals surface area contributed by atoms with Crippen molar-refractivity contribution in [1.29, 1.82) is 0 Å². The lowest BCUT2D eigenvalue weighted by atomic mass is 9.97. The highest BCUT2D eigenvalue weighted by Gasteiger charge is 2.51. The van der Waals surface area contributed by atoms with E-state index in [2.05, 4.69) is 36.2 Å². The number of carbonyl (C=O) groups excluding carboxylic acids is 1. The molecule has 7 heteroatoms. The Balaban J connectivity index is 1.87. The standard InChI is InChI=1S/C14H13BrN4O2/c1-8-4-11(19-13(21)17-8)18-12(20)14(2-3-14)9-5-10(15)7-16-6-9/h4-7H,2-3H2,1H3,(H2,17,18,19,20,21). The lowest BCUT2D eigenvalue weighted by molar-refractivity contribution is -0.118. The third-order valence-corrected chi connectivity index (χ3v) is 4.00. The van der Waals surface area contributed by atoms with Crippen molar-refractivity contribution in [2.45, 2.75) is 25.2 Å². The Kier molecular flexibility index (Phi) is 3.36. The third kappa shape index (κ3) is 2.73. The number of rotatable bonds is 3. The van der Waals surface area contributed by atoms with Crippen LogP contribution in [0.5, 0.6) is 0 Å². The lowest BCUT2D eigenvalue weighted by Gasteiger charge is -2.15. The Morgan fingerprint density at radius 2 is 2.14 bits per heavy atom. The predicted octanol–water partition coefficient (Wildman–Crippen LogP) is 1.91. The average molecular weight is 349 g/mol. The molecule has 2 N–H and O–H groups in total. The number of nitrogens with zero attached hydrogens (tertiary/aromatic N) is 2. The molecule has 0 bridgehead atoms. The summed E-state index contributed by atoms with van der Waals surface area (Å²) in [5.41, 5.74) is 0.490. The second-order valence-electron chi connectivity index (χ2n) is 5.18. The molecule has 21 heavy (non-hydrogen) atoms. The van der Waals surface area contributed by atoms with Crippen LogP contribution in [0, 0.1) is 6.92 Å². The topological polar surface area (TPSA) is 87.7 Å². The maximum absolute atomic E-state index is 12.5. The Bertz CT molecular complexity index is 768. The maximum Gasteiger partial charge on any atom is 0.347 e. The first-order valence-corrected chi connectivity index (χ1v) is 7.29. The predicted molar refractivity (Wildman–Crippen MR) is 81.1 cm³/mol. The monoisotopic (exact) mass is 348 g/mol.